The van der Waals surface area contributed by atoms with Crippen LogP contribution in [0.2, 0.25) is 0 Å². The van der Waals surface area contributed by atoms with E-state index in [0.717, 1.165) is 5.56 Å². The molecule has 1 N–H and O–H groups in total. The van der Waals surface area contributed by atoms with Crippen molar-refractivity contribution in [2.24, 2.45) is 0 Å². The van der Waals surface area contributed by atoms with Crippen molar-refractivity contribution in [3.8, 4) is 11.5 Å². The third kappa shape index (κ3) is 2.98. The van der Waals surface area contributed by atoms with E-state index in [4.69, 9.17) is 4.74 Å². The average molecular weight is 208 g/mol. The van der Waals surface area contributed by atoms with Crippen LogP contribution in [-0.4, -0.2) is 18.0 Å². The highest BCUT2D eigenvalue weighted by Gasteiger charge is 2.10. The van der Waals surface area contributed by atoms with Gasteiger partial charge in [0.15, 0.2) is 11.5 Å². The van der Waals surface area contributed by atoms with Crippen molar-refractivity contribution in [2.45, 2.75) is 26.2 Å². The maximum Gasteiger partial charge on any atom is 0.160 e. The lowest BCUT2D eigenvalue weighted by Crippen LogP contribution is -2.00. The Morgan fingerprint density at radius 2 is 2.20 bits per heavy atom. The molecule has 0 saturated carbocycles. The Labute approximate surface area is 89.7 Å². The van der Waals surface area contributed by atoms with E-state index in [-0.39, 0.29) is 17.5 Å². The van der Waals surface area contributed by atoms with Gasteiger partial charge in [-0.25, -0.2) is 0 Å². The van der Waals surface area contributed by atoms with Crippen LogP contribution in [0.5, 0.6) is 11.5 Å². The quantitative estimate of drug-likeness (QED) is 0.826. The van der Waals surface area contributed by atoms with Gasteiger partial charge in [-0.3, -0.25) is 0 Å². The fourth-order valence-electron chi connectivity index (χ4n) is 1.56. The van der Waals surface area contributed by atoms with E-state index in [9.17, 15) is 9.90 Å². The number of methoxy groups -OCH3 is 1. The zero-order chi connectivity index (χ0) is 11.4. The number of hydrogen-bond acceptors (Lipinski definition) is 3. The molecule has 1 unspecified atom stereocenters. The normalized spacial score (nSPS) is 12.2. The number of ether oxygens (including phenoxy) is 1. The Morgan fingerprint density at radius 1 is 1.53 bits per heavy atom. The molecule has 0 aliphatic carbocycles. The van der Waals surface area contributed by atoms with Crippen LogP contribution >= 0.6 is 0 Å². The van der Waals surface area contributed by atoms with Crippen LogP contribution in [0.3, 0.4) is 0 Å². The van der Waals surface area contributed by atoms with Gasteiger partial charge in [0.05, 0.1) is 7.11 Å². The standard InChI is InChI=1S/C12H16O3/c1-8(6-9(2)13)10-4-5-12(15-3)11(14)7-10/h4-5,7-8,14H,6H2,1-3H3. The third-order valence-electron chi connectivity index (χ3n) is 2.37. The second-order valence-electron chi connectivity index (χ2n) is 3.74. The molecule has 3 heteroatoms. The Hall–Kier alpha value is -1.51. The number of carbonyl (C=O) groups is 1. The summed E-state index contributed by atoms with van der Waals surface area (Å²) in [6.45, 7) is 3.53. The van der Waals surface area contributed by atoms with Crippen molar-refractivity contribution < 1.29 is 14.6 Å². The molecule has 0 aliphatic rings. The van der Waals surface area contributed by atoms with Crippen molar-refractivity contribution >= 4 is 5.78 Å². The summed E-state index contributed by atoms with van der Waals surface area (Å²) in [6, 6.07) is 5.22. The summed E-state index contributed by atoms with van der Waals surface area (Å²) < 4.78 is 4.94. The fourth-order valence-corrected chi connectivity index (χ4v) is 1.56. The molecule has 1 rings (SSSR count). The highest BCUT2D eigenvalue weighted by atomic mass is 16.5. The molecule has 1 aromatic carbocycles. The van der Waals surface area contributed by atoms with Gasteiger partial charge in [-0.05, 0) is 30.5 Å². The predicted molar refractivity (Wildman–Crippen MR) is 58.4 cm³/mol. The minimum atomic E-state index is 0.116. The molecular weight excluding hydrogens is 192 g/mol. The van der Waals surface area contributed by atoms with Crippen molar-refractivity contribution in [3.63, 3.8) is 0 Å². The molecule has 0 aliphatic heterocycles. The second kappa shape index (κ2) is 4.82. The van der Waals surface area contributed by atoms with Crippen molar-refractivity contribution in [1.29, 1.82) is 0 Å². The maximum atomic E-state index is 10.9. The van der Waals surface area contributed by atoms with E-state index >= 15 is 0 Å². The van der Waals surface area contributed by atoms with Crippen LogP contribution in [0.4, 0.5) is 0 Å². The highest BCUT2D eigenvalue weighted by Crippen LogP contribution is 2.30. The summed E-state index contributed by atoms with van der Waals surface area (Å²) in [5.74, 6) is 0.844. The largest absolute Gasteiger partial charge is 0.504 e. The third-order valence-corrected chi connectivity index (χ3v) is 2.37. The monoisotopic (exact) mass is 208 g/mol. The van der Waals surface area contributed by atoms with Gasteiger partial charge in [-0.2, -0.15) is 0 Å². The van der Waals surface area contributed by atoms with Gasteiger partial charge < -0.3 is 14.6 Å². The number of carbonyl (C=O) groups excluding carboxylic acids is 1. The first-order valence-electron chi connectivity index (χ1n) is 4.91. The van der Waals surface area contributed by atoms with Crippen LogP contribution in [-0.2, 0) is 4.79 Å². The lowest BCUT2D eigenvalue weighted by molar-refractivity contribution is -0.117. The Balaban J connectivity index is 2.87. The minimum Gasteiger partial charge on any atom is -0.504 e. The number of ketones is 1. The molecule has 1 atom stereocenters. The lowest BCUT2D eigenvalue weighted by atomic mass is 9.96. The van der Waals surface area contributed by atoms with Gasteiger partial charge in [0, 0.05) is 6.42 Å². The molecule has 0 radical (unpaired) electrons. The predicted octanol–water partition coefficient (Wildman–Crippen LogP) is 2.48. The molecule has 3 nitrogen and oxygen atoms in total. The van der Waals surface area contributed by atoms with Gasteiger partial charge in [0.25, 0.3) is 0 Å². The van der Waals surface area contributed by atoms with Gasteiger partial charge in [0.1, 0.15) is 5.78 Å². The summed E-state index contributed by atoms with van der Waals surface area (Å²) in [7, 11) is 1.51. The highest BCUT2D eigenvalue weighted by molar-refractivity contribution is 5.76. The van der Waals surface area contributed by atoms with Crippen LogP contribution in [0, 0.1) is 0 Å². The molecule has 0 fully saturated rings. The Kier molecular flexibility index (Phi) is 3.72. The summed E-state index contributed by atoms with van der Waals surface area (Å²) >= 11 is 0. The summed E-state index contributed by atoms with van der Waals surface area (Å²) in [6.07, 6.45) is 0.492. The summed E-state index contributed by atoms with van der Waals surface area (Å²) in [5, 5.41) is 9.56. The van der Waals surface area contributed by atoms with Crippen molar-refractivity contribution in [2.75, 3.05) is 7.11 Å². The van der Waals surface area contributed by atoms with Crippen molar-refractivity contribution in [1.82, 2.24) is 0 Å². The Morgan fingerprint density at radius 3 is 2.67 bits per heavy atom. The molecular formula is C12H16O3. The van der Waals surface area contributed by atoms with Crippen LogP contribution < -0.4 is 4.74 Å². The molecule has 15 heavy (non-hydrogen) atoms. The number of aromatic hydroxyl groups is 1. The zero-order valence-corrected chi connectivity index (χ0v) is 9.28. The first-order valence-corrected chi connectivity index (χ1v) is 4.91. The summed E-state index contributed by atoms with van der Waals surface area (Å²) in [4.78, 5) is 10.9. The van der Waals surface area contributed by atoms with Gasteiger partial charge >= 0.3 is 0 Å². The number of phenolic OH excluding ortho intramolecular Hbond substituents is 1. The fraction of sp³-hybridized carbons (Fsp3) is 0.417. The lowest BCUT2D eigenvalue weighted by Gasteiger charge is -2.11. The van der Waals surface area contributed by atoms with E-state index in [2.05, 4.69) is 0 Å². The zero-order valence-electron chi connectivity index (χ0n) is 9.28. The molecule has 0 aromatic heterocycles. The van der Waals surface area contributed by atoms with Gasteiger partial charge in [0.2, 0.25) is 0 Å². The smallest absolute Gasteiger partial charge is 0.160 e. The molecule has 0 spiro atoms. The maximum absolute atomic E-state index is 10.9. The molecule has 0 bridgehead atoms. The SMILES string of the molecule is COc1ccc(C(C)CC(C)=O)cc1O. The topological polar surface area (TPSA) is 46.5 Å². The molecule has 1 aromatic rings. The minimum absolute atomic E-state index is 0.116. The molecule has 82 valence electrons. The van der Waals surface area contributed by atoms with E-state index in [1.165, 1.54) is 7.11 Å². The molecule has 0 heterocycles. The number of hydrogen-bond donors (Lipinski definition) is 1. The van der Waals surface area contributed by atoms with Gasteiger partial charge in [-0.15, -0.1) is 0 Å². The first-order chi connectivity index (χ1) is 7.04. The van der Waals surface area contributed by atoms with E-state index < -0.39 is 0 Å². The molecule has 0 saturated heterocycles. The molecule has 0 amide bonds. The van der Waals surface area contributed by atoms with E-state index in [1.54, 1.807) is 19.1 Å². The van der Waals surface area contributed by atoms with Crippen LogP contribution in [0.15, 0.2) is 18.2 Å². The average Bonchev–Trinajstić information content (AvgIpc) is 2.16. The number of benzene rings is 1. The number of Topliss-reactive ketones (excluding diaryl/α,β-unsaturated/α-hetero) is 1. The van der Waals surface area contributed by atoms with Gasteiger partial charge in [-0.1, -0.05) is 13.0 Å². The summed E-state index contributed by atoms with van der Waals surface area (Å²) in [5.41, 5.74) is 0.948. The number of phenols is 1. The van der Waals surface area contributed by atoms with Crippen LogP contribution in [0.25, 0.3) is 0 Å². The Bertz CT molecular complexity index is 358. The first kappa shape index (κ1) is 11.6. The van der Waals surface area contributed by atoms with Crippen molar-refractivity contribution in [3.05, 3.63) is 23.8 Å². The van der Waals surface area contributed by atoms with Crippen LogP contribution in [0.1, 0.15) is 31.7 Å². The second-order valence-corrected chi connectivity index (χ2v) is 3.74. The van der Waals surface area contributed by atoms with E-state index in [1.807, 2.05) is 13.0 Å². The number of rotatable bonds is 4. The van der Waals surface area contributed by atoms with E-state index in [0.29, 0.717) is 12.2 Å².